The van der Waals surface area contributed by atoms with Crippen LogP contribution in [0.2, 0.25) is 0 Å². The van der Waals surface area contributed by atoms with Gasteiger partial charge in [0.2, 0.25) is 0 Å². The lowest BCUT2D eigenvalue weighted by molar-refractivity contribution is 0.898. The highest BCUT2D eigenvalue weighted by atomic mass is 32.1. The number of hydrogen-bond acceptors (Lipinski definition) is 1. The average Bonchev–Trinajstić information content (AvgIpc) is 2.76. The van der Waals surface area contributed by atoms with Gasteiger partial charge in [0.15, 0.2) is 0 Å². The lowest BCUT2D eigenvalue weighted by Gasteiger charge is -2.12. The highest BCUT2D eigenvalue weighted by Gasteiger charge is 2.17. The fourth-order valence-electron chi connectivity index (χ4n) is 2.51. The van der Waals surface area contributed by atoms with Crippen LogP contribution < -0.4 is 5.32 Å². The minimum absolute atomic E-state index is 0.375. The summed E-state index contributed by atoms with van der Waals surface area (Å²) >= 11 is 5.35. The van der Waals surface area contributed by atoms with Gasteiger partial charge in [0.25, 0.3) is 0 Å². The third-order valence-electron chi connectivity index (χ3n) is 3.59. The van der Waals surface area contributed by atoms with Crippen molar-refractivity contribution in [3.63, 3.8) is 0 Å². The van der Waals surface area contributed by atoms with Crippen molar-refractivity contribution in [2.45, 2.75) is 20.3 Å². The molecule has 2 aromatic rings. The summed E-state index contributed by atoms with van der Waals surface area (Å²) in [5.41, 5.74) is 6.64. The molecule has 1 aliphatic carbocycles. The smallest absolute Gasteiger partial charge is 0.0823 e. The van der Waals surface area contributed by atoms with E-state index in [2.05, 4.69) is 61.6 Å². The highest BCUT2D eigenvalue weighted by molar-refractivity contribution is 7.80. The molecule has 2 aromatic carbocycles. The lowest BCUT2D eigenvalue weighted by Crippen LogP contribution is -2.15. The summed E-state index contributed by atoms with van der Waals surface area (Å²) in [6.07, 6.45) is 1.02. The van der Waals surface area contributed by atoms with Crippen LogP contribution in [0.1, 0.15) is 25.0 Å². The maximum atomic E-state index is 5.35. The second kappa shape index (κ2) is 4.78. The maximum Gasteiger partial charge on any atom is 0.0823 e. The van der Waals surface area contributed by atoms with Crippen molar-refractivity contribution in [1.29, 1.82) is 0 Å². The lowest BCUT2D eigenvalue weighted by atomic mass is 10.1. The molecule has 0 aliphatic heterocycles. The summed E-state index contributed by atoms with van der Waals surface area (Å²) in [7, 11) is 0. The Bertz CT molecular complexity index is 643. The first-order valence-electron chi connectivity index (χ1n) is 6.67. The zero-order valence-corrected chi connectivity index (χ0v) is 12.1. The van der Waals surface area contributed by atoms with E-state index in [1.54, 1.807) is 0 Å². The molecule has 2 heteroatoms. The van der Waals surface area contributed by atoms with Crippen molar-refractivity contribution < 1.29 is 0 Å². The van der Waals surface area contributed by atoms with Gasteiger partial charge < -0.3 is 5.32 Å². The maximum absolute atomic E-state index is 5.35. The first kappa shape index (κ1) is 12.4. The molecule has 0 atom stereocenters. The topological polar surface area (TPSA) is 12.0 Å². The Morgan fingerprint density at radius 2 is 1.79 bits per heavy atom. The summed E-state index contributed by atoms with van der Waals surface area (Å²) in [5, 5.41) is 3.33. The van der Waals surface area contributed by atoms with Crippen LogP contribution in [-0.4, -0.2) is 4.99 Å². The predicted octanol–water partition coefficient (Wildman–Crippen LogP) is 4.65. The fourth-order valence-corrected chi connectivity index (χ4v) is 2.63. The average molecular weight is 267 g/mol. The van der Waals surface area contributed by atoms with Gasteiger partial charge in [0.05, 0.1) is 4.99 Å². The van der Waals surface area contributed by atoms with E-state index in [-0.39, 0.29) is 0 Å². The van der Waals surface area contributed by atoms with E-state index in [0.29, 0.717) is 5.92 Å². The summed E-state index contributed by atoms with van der Waals surface area (Å²) in [5.74, 6) is 0.375. The summed E-state index contributed by atoms with van der Waals surface area (Å²) in [6.45, 7) is 4.22. The molecule has 19 heavy (non-hydrogen) atoms. The minimum atomic E-state index is 0.375. The Morgan fingerprint density at radius 3 is 2.58 bits per heavy atom. The van der Waals surface area contributed by atoms with Crippen molar-refractivity contribution in [2.24, 2.45) is 5.92 Å². The molecule has 1 aliphatic rings. The number of rotatable bonds is 2. The molecular formula is C17H17NS. The third kappa shape index (κ3) is 2.28. The monoisotopic (exact) mass is 267 g/mol. The molecule has 0 spiro atoms. The largest absolute Gasteiger partial charge is 0.350 e. The summed E-state index contributed by atoms with van der Waals surface area (Å²) in [6, 6.07) is 15.2. The van der Waals surface area contributed by atoms with Crippen molar-refractivity contribution in [1.82, 2.24) is 0 Å². The van der Waals surface area contributed by atoms with Gasteiger partial charge in [-0.3, -0.25) is 0 Å². The van der Waals surface area contributed by atoms with E-state index < -0.39 is 0 Å². The van der Waals surface area contributed by atoms with Crippen molar-refractivity contribution in [2.75, 3.05) is 5.32 Å². The number of fused-ring (bicyclic) bond motifs is 3. The van der Waals surface area contributed by atoms with Crippen molar-refractivity contribution in [3.8, 4) is 11.1 Å². The SMILES string of the molecule is CC(C)C(=S)Nc1ccc2c(c1)Cc1ccccc1-2. The molecule has 0 saturated heterocycles. The standard InChI is InChI=1S/C17H17NS/c1-11(2)17(19)18-14-7-8-16-13(10-14)9-12-5-3-4-6-15(12)16/h3-8,10-11H,9H2,1-2H3,(H,18,19). The van der Waals surface area contributed by atoms with Crippen LogP contribution in [0.4, 0.5) is 5.69 Å². The zero-order valence-electron chi connectivity index (χ0n) is 11.2. The molecular weight excluding hydrogens is 250 g/mol. The Hall–Kier alpha value is -1.67. The van der Waals surface area contributed by atoms with Crippen LogP contribution in [0, 0.1) is 5.92 Å². The molecule has 0 unspecified atom stereocenters. The van der Waals surface area contributed by atoms with E-state index in [4.69, 9.17) is 12.2 Å². The molecule has 0 fully saturated rings. The van der Waals surface area contributed by atoms with E-state index in [1.807, 2.05) is 0 Å². The molecule has 1 nitrogen and oxygen atoms in total. The van der Waals surface area contributed by atoms with Gasteiger partial charge >= 0.3 is 0 Å². The van der Waals surface area contributed by atoms with Crippen LogP contribution in [0.3, 0.4) is 0 Å². The molecule has 3 rings (SSSR count). The Balaban J connectivity index is 1.91. The normalized spacial score (nSPS) is 12.2. The van der Waals surface area contributed by atoms with E-state index >= 15 is 0 Å². The third-order valence-corrected chi connectivity index (χ3v) is 4.16. The second-order valence-electron chi connectivity index (χ2n) is 5.35. The van der Waals surface area contributed by atoms with Gasteiger partial charge in [-0.15, -0.1) is 0 Å². The first-order chi connectivity index (χ1) is 9.15. The van der Waals surface area contributed by atoms with Crippen molar-refractivity contribution in [3.05, 3.63) is 53.6 Å². The van der Waals surface area contributed by atoms with E-state index in [9.17, 15) is 0 Å². The molecule has 1 N–H and O–H groups in total. The highest BCUT2D eigenvalue weighted by Crippen LogP contribution is 2.37. The number of benzene rings is 2. The minimum Gasteiger partial charge on any atom is -0.350 e. The predicted molar refractivity (Wildman–Crippen MR) is 85.7 cm³/mol. The van der Waals surface area contributed by atoms with Crippen LogP contribution >= 0.6 is 12.2 Å². The van der Waals surface area contributed by atoms with E-state index in [0.717, 1.165) is 17.1 Å². The van der Waals surface area contributed by atoms with E-state index in [1.165, 1.54) is 22.3 Å². The van der Waals surface area contributed by atoms with Gasteiger partial charge in [-0.2, -0.15) is 0 Å². The number of hydrogen-bond donors (Lipinski definition) is 1. The molecule has 0 saturated carbocycles. The molecule has 0 bridgehead atoms. The van der Waals surface area contributed by atoms with Gasteiger partial charge in [-0.1, -0.05) is 56.4 Å². The second-order valence-corrected chi connectivity index (χ2v) is 5.79. The van der Waals surface area contributed by atoms with Gasteiger partial charge in [0, 0.05) is 11.6 Å². The molecule has 96 valence electrons. The number of nitrogens with one attached hydrogen (secondary N) is 1. The van der Waals surface area contributed by atoms with Crippen LogP contribution in [0.5, 0.6) is 0 Å². The Morgan fingerprint density at radius 1 is 1.05 bits per heavy atom. The quantitative estimate of drug-likeness (QED) is 0.678. The molecule has 0 aromatic heterocycles. The van der Waals surface area contributed by atoms with Crippen LogP contribution in [0.15, 0.2) is 42.5 Å². The fraction of sp³-hybridized carbons (Fsp3) is 0.235. The molecule has 0 radical (unpaired) electrons. The van der Waals surface area contributed by atoms with Crippen molar-refractivity contribution >= 4 is 22.9 Å². The molecule has 0 amide bonds. The number of thiocarbonyl (C=S) groups is 1. The summed E-state index contributed by atoms with van der Waals surface area (Å²) in [4.78, 5) is 0.899. The van der Waals surface area contributed by atoms with Gasteiger partial charge in [-0.25, -0.2) is 0 Å². The first-order valence-corrected chi connectivity index (χ1v) is 7.08. The van der Waals surface area contributed by atoms with Gasteiger partial charge in [0.1, 0.15) is 0 Å². The van der Waals surface area contributed by atoms with Crippen LogP contribution in [-0.2, 0) is 6.42 Å². The van der Waals surface area contributed by atoms with Gasteiger partial charge in [-0.05, 0) is 40.8 Å². The Labute approximate surface area is 119 Å². The Kier molecular flexibility index (Phi) is 3.11. The molecule has 0 heterocycles. The summed E-state index contributed by atoms with van der Waals surface area (Å²) < 4.78 is 0. The van der Waals surface area contributed by atoms with Crippen LogP contribution in [0.25, 0.3) is 11.1 Å². The number of anilines is 1. The zero-order chi connectivity index (χ0) is 13.4.